The van der Waals surface area contributed by atoms with Crippen molar-refractivity contribution in [2.24, 2.45) is 0 Å². The molecular weight excluding hydrogens is 310 g/mol. The highest BCUT2D eigenvalue weighted by Gasteiger charge is 2.10. The van der Waals surface area contributed by atoms with E-state index < -0.39 is 0 Å². The van der Waals surface area contributed by atoms with Crippen molar-refractivity contribution < 1.29 is 9.84 Å². The number of rotatable bonds is 4. The SMILES string of the molecule is COc1ccc([C](O)c2ccccc2)cc1.[CH2]N(C)c1ccccc1. The van der Waals surface area contributed by atoms with Crippen molar-refractivity contribution in [3.63, 3.8) is 0 Å². The lowest BCUT2D eigenvalue weighted by molar-refractivity contribution is 0.356. The summed E-state index contributed by atoms with van der Waals surface area (Å²) in [5.74, 6) is 0.782. The minimum atomic E-state index is 0.281. The average molecular weight is 333 g/mol. The Balaban J connectivity index is 0.000000212. The van der Waals surface area contributed by atoms with Gasteiger partial charge in [0.25, 0.3) is 0 Å². The van der Waals surface area contributed by atoms with Gasteiger partial charge < -0.3 is 14.7 Å². The smallest absolute Gasteiger partial charge is 0.152 e. The van der Waals surface area contributed by atoms with Gasteiger partial charge in [-0.15, -0.1) is 0 Å². The molecule has 0 aliphatic heterocycles. The Bertz CT molecular complexity index is 725. The predicted molar refractivity (Wildman–Crippen MR) is 103 cm³/mol. The number of hydrogen-bond donors (Lipinski definition) is 1. The average Bonchev–Trinajstić information content (AvgIpc) is 2.69. The summed E-state index contributed by atoms with van der Waals surface area (Å²) < 4.78 is 5.06. The Morgan fingerprint density at radius 1 is 0.800 bits per heavy atom. The molecule has 0 aliphatic carbocycles. The minimum Gasteiger partial charge on any atom is -0.497 e. The van der Waals surface area contributed by atoms with Gasteiger partial charge in [-0.3, -0.25) is 0 Å². The highest BCUT2D eigenvalue weighted by molar-refractivity contribution is 5.45. The number of hydrogen-bond acceptors (Lipinski definition) is 3. The number of aliphatic hydroxyl groups is 1. The fourth-order valence-corrected chi connectivity index (χ4v) is 2.19. The summed E-state index contributed by atoms with van der Waals surface area (Å²) in [6.45, 7) is 0. The van der Waals surface area contributed by atoms with E-state index in [1.165, 1.54) is 0 Å². The van der Waals surface area contributed by atoms with E-state index in [1.807, 2.05) is 96.9 Å². The maximum absolute atomic E-state index is 10.0. The topological polar surface area (TPSA) is 32.7 Å². The van der Waals surface area contributed by atoms with E-state index >= 15 is 0 Å². The normalized spacial score (nSPS) is 9.96. The van der Waals surface area contributed by atoms with Crippen LogP contribution in [0.1, 0.15) is 11.1 Å². The summed E-state index contributed by atoms with van der Waals surface area (Å²) in [5, 5.41) is 10.0. The third-order valence-corrected chi connectivity index (χ3v) is 3.61. The fourth-order valence-electron chi connectivity index (χ4n) is 2.19. The van der Waals surface area contributed by atoms with Gasteiger partial charge in [0.1, 0.15) is 5.75 Å². The van der Waals surface area contributed by atoms with Crippen molar-refractivity contribution in [3.8, 4) is 5.75 Å². The predicted octanol–water partition coefficient (Wildman–Crippen LogP) is 4.91. The Morgan fingerprint density at radius 3 is 1.72 bits per heavy atom. The van der Waals surface area contributed by atoms with Gasteiger partial charge in [-0.25, -0.2) is 0 Å². The van der Waals surface area contributed by atoms with Gasteiger partial charge in [0, 0.05) is 19.8 Å². The molecule has 25 heavy (non-hydrogen) atoms. The van der Waals surface area contributed by atoms with E-state index in [9.17, 15) is 5.11 Å². The number of anilines is 1. The molecule has 0 amide bonds. The minimum absolute atomic E-state index is 0.281. The Morgan fingerprint density at radius 2 is 1.28 bits per heavy atom. The molecule has 0 aliphatic rings. The molecule has 0 spiro atoms. The maximum Gasteiger partial charge on any atom is 0.152 e. The van der Waals surface area contributed by atoms with Gasteiger partial charge in [0.05, 0.1) is 7.11 Å². The lowest BCUT2D eigenvalue weighted by Gasteiger charge is -2.10. The van der Waals surface area contributed by atoms with Crippen molar-refractivity contribution in [1.82, 2.24) is 0 Å². The summed E-state index contributed by atoms with van der Waals surface area (Å²) in [6.07, 6.45) is 0.281. The Hall–Kier alpha value is -2.78. The summed E-state index contributed by atoms with van der Waals surface area (Å²) in [5.41, 5.74) is 2.73. The summed E-state index contributed by atoms with van der Waals surface area (Å²) >= 11 is 0. The van der Waals surface area contributed by atoms with E-state index in [2.05, 4.69) is 7.05 Å². The molecule has 0 atom stereocenters. The van der Waals surface area contributed by atoms with Crippen LogP contribution in [0.25, 0.3) is 0 Å². The molecule has 3 aromatic carbocycles. The zero-order chi connectivity index (χ0) is 18.1. The summed E-state index contributed by atoms with van der Waals surface area (Å²) in [6, 6.07) is 26.8. The molecule has 2 radical (unpaired) electrons. The first-order chi connectivity index (χ1) is 12.1. The fraction of sp³-hybridized carbons (Fsp3) is 0.0909. The first kappa shape index (κ1) is 18.6. The molecule has 0 heterocycles. The number of methoxy groups -OCH3 is 1. The molecular formula is C22H23NO2. The van der Waals surface area contributed by atoms with E-state index in [1.54, 1.807) is 7.11 Å². The standard InChI is InChI=1S/C14H13O2.C8H10N/c1-16-13-9-7-12(8-10-13)14(15)11-5-3-2-4-6-11;1-9(2)8-6-4-3-5-7-8/h2-10,15H,1H3;3-7H,1H2,2H3. The number of para-hydroxylation sites is 1. The van der Waals surface area contributed by atoms with Crippen molar-refractivity contribution in [2.45, 2.75) is 0 Å². The van der Waals surface area contributed by atoms with Crippen LogP contribution in [0, 0.1) is 13.2 Å². The molecule has 128 valence electrons. The van der Waals surface area contributed by atoms with Crippen LogP contribution >= 0.6 is 0 Å². The van der Waals surface area contributed by atoms with Crippen LogP contribution in [0.2, 0.25) is 0 Å². The van der Waals surface area contributed by atoms with Gasteiger partial charge in [-0.05, 0) is 35.4 Å². The second kappa shape index (κ2) is 9.50. The van der Waals surface area contributed by atoms with Gasteiger partial charge in [-0.2, -0.15) is 0 Å². The molecule has 0 fully saturated rings. The van der Waals surface area contributed by atoms with Crippen molar-refractivity contribution >= 4 is 5.69 Å². The van der Waals surface area contributed by atoms with Gasteiger partial charge in [0.15, 0.2) is 6.10 Å². The molecule has 0 aromatic heterocycles. The van der Waals surface area contributed by atoms with E-state index in [0.717, 1.165) is 22.6 Å². The number of benzene rings is 3. The van der Waals surface area contributed by atoms with Crippen LogP contribution in [-0.2, 0) is 0 Å². The molecule has 3 rings (SSSR count). The number of nitrogens with zero attached hydrogens (tertiary/aromatic N) is 1. The summed E-state index contributed by atoms with van der Waals surface area (Å²) in [7, 11) is 7.29. The molecule has 0 saturated carbocycles. The molecule has 0 saturated heterocycles. The number of ether oxygens (including phenoxy) is 1. The van der Waals surface area contributed by atoms with Crippen molar-refractivity contribution in [3.05, 3.63) is 109 Å². The summed E-state index contributed by atoms with van der Waals surface area (Å²) in [4.78, 5) is 1.83. The van der Waals surface area contributed by atoms with Gasteiger partial charge in [0.2, 0.25) is 0 Å². The molecule has 1 N–H and O–H groups in total. The first-order valence-electron chi connectivity index (χ1n) is 7.97. The molecule has 3 nitrogen and oxygen atoms in total. The zero-order valence-electron chi connectivity index (χ0n) is 14.6. The van der Waals surface area contributed by atoms with Crippen molar-refractivity contribution in [2.75, 3.05) is 19.1 Å². The number of aliphatic hydroxyl groups excluding tert-OH is 1. The quantitative estimate of drug-likeness (QED) is 0.736. The highest BCUT2D eigenvalue weighted by Crippen LogP contribution is 2.22. The zero-order valence-corrected chi connectivity index (χ0v) is 14.6. The van der Waals surface area contributed by atoms with E-state index in [0.29, 0.717) is 0 Å². The van der Waals surface area contributed by atoms with Crippen molar-refractivity contribution in [1.29, 1.82) is 0 Å². The second-order valence-electron chi connectivity index (χ2n) is 5.48. The lowest BCUT2D eigenvalue weighted by Crippen LogP contribution is -2.04. The maximum atomic E-state index is 10.0. The molecule has 3 aromatic rings. The highest BCUT2D eigenvalue weighted by atomic mass is 16.5. The van der Waals surface area contributed by atoms with Crippen LogP contribution in [0.5, 0.6) is 5.75 Å². The second-order valence-corrected chi connectivity index (χ2v) is 5.48. The van der Waals surface area contributed by atoms with E-state index in [4.69, 9.17) is 4.74 Å². The Labute approximate surface area is 150 Å². The third-order valence-electron chi connectivity index (χ3n) is 3.61. The van der Waals surface area contributed by atoms with Gasteiger partial charge >= 0.3 is 0 Å². The Kier molecular flexibility index (Phi) is 7.05. The molecule has 0 bridgehead atoms. The largest absolute Gasteiger partial charge is 0.497 e. The van der Waals surface area contributed by atoms with Crippen LogP contribution < -0.4 is 9.64 Å². The monoisotopic (exact) mass is 333 g/mol. The van der Waals surface area contributed by atoms with Crippen LogP contribution in [0.4, 0.5) is 5.69 Å². The van der Waals surface area contributed by atoms with E-state index in [-0.39, 0.29) is 6.10 Å². The van der Waals surface area contributed by atoms with Crippen LogP contribution in [-0.4, -0.2) is 19.3 Å². The lowest BCUT2D eigenvalue weighted by atomic mass is 10.0. The third kappa shape index (κ3) is 5.66. The van der Waals surface area contributed by atoms with Crippen LogP contribution in [0.15, 0.2) is 84.9 Å². The van der Waals surface area contributed by atoms with Crippen LogP contribution in [0.3, 0.4) is 0 Å². The first-order valence-corrected chi connectivity index (χ1v) is 7.97. The molecule has 3 heteroatoms. The molecule has 0 unspecified atom stereocenters. The van der Waals surface area contributed by atoms with Gasteiger partial charge in [-0.1, -0.05) is 60.7 Å².